The Labute approximate surface area is 122 Å². The summed E-state index contributed by atoms with van der Waals surface area (Å²) in [5, 5.41) is 23.3. The third-order valence-electron chi connectivity index (χ3n) is 3.95. The Kier molecular flexibility index (Phi) is 3.55. The van der Waals surface area contributed by atoms with E-state index in [1.165, 1.54) is 6.07 Å². The molecule has 20 heavy (non-hydrogen) atoms. The molecule has 0 unspecified atom stereocenters. The highest BCUT2D eigenvalue weighted by atomic mass is 35.5. The van der Waals surface area contributed by atoms with E-state index in [4.69, 9.17) is 11.6 Å². The van der Waals surface area contributed by atoms with Crippen molar-refractivity contribution in [3.63, 3.8) is 0 Å². The second-order valence-corrected chi connectivity index (χ2v) is 5.55. The molecule has 2 aromatic carbocycles. The van der Waals surface area contributed by atoms with E-state index in [1.807, 2.05) is 30.3 Å². The SMILES string of the molecule is Oc1ccc([C@H]2CNC[C@@H]2c2ccccc2Cl)cc1O. The van der Waals surface area contributed by atoms with Crippen LogP contribution in [0.3, 0.4) is 0 Å². The summed E-state index contributed by atoms with van der Waals surface area (Å²) in [7, 11) is 0. The Balaban J connectivity index is 1.96. The number of hydrogen-bond donors (Lipinski definition) is 3. The van der Waals surface area contributed by atoms with Crippen LogP contribution in [0.4, 0.5) is 0 Å². The zero-order chi connectivity index (χ0) is 14.1. The zero-order valence-corrected chi connectivity index (χ0v) is 11.6. The quantitative estimate of drug-likeness (QED) is 0.744. The predicted molar refractivity (Wildman–Crippen MR) is 79.6 cm³/mol. The topological polar surface area (TPSA) is 52.5 Å². The lowest BCUT2D eigenvalue weighted by Gasteiger charge is -2.20. The van der Waals surface area contributed by atoms with E-state index in [2.05, 4.69) is 5.32 Å². The molecule has 1 saturated heterocycles. The molecule has 1 fully saturated rings. The standard InChI is InChI=1S/C16H16ClNO2/c17-14-4-2-1-3-11(14)13-9-18-8-12(13)10-5-6-15(19)16(20)7-10/h1-7,12-13,18-20H,8-9H2/t12-,13-/m1/s1. The van der Waals surface area contributed by atoms with E-state index in [0.717, 1.165) is 29.2 Å². The van der Waals surface area contributed by atoms with Gasteiger partial charge in [0, 0.05) is 29.9 Å². The minimum absolute atomic E-state index is 0.0766. The van der Waals surface area contributed by atoms with Crippen LogP contribution in [-0.4, -0.2) is 23.3 Å². The zero-order valence-electron chi connectivity index (χ0n) is 10.9. The monoisotopic (exact) mass is 289 g/mol. The summed E-state index contributed by atoms with van der Waals surface area (Å²) in [5.74, 6) is 0.343. The van der Waals surface area contributed by atoms with Gasteiger partial charge in [0.15, 0.2) is 11.5 Å². The Bertz CT molecular complexity index is 630. The molecule has 0 saturated carbocycles. The molecule has 0 aliphatic carbocycles. The van der Waals surface area contributed by atoms with Crippen molar-refractivity contribution < 1.29 is 10.2 Å². The van der Waals surface area contributed by atoms with Gasteiger partial charge < -0.3 is 15.5 Å². The van der Waals surface area contributed by atoms with Crippen LogP contribution in [0.25, 0.3) is 0 Å². The Morgan fingerprint density at radius 2 is 1.70 bits per heavy atom. The largest absolute Gasteiger partial charge is 0.504 e. The molecule has 4 heteroatoms. The molecule has 1 heterocycles. The van der Waals surface area contributed by atoms with Gasteiger partial charge in [0.25, 0.3) is 0 Å². The lowest BCUT2D eigenvalue weighted by atomic mass is 9.84. The summed E-state index contributed by atoms with van der Waals surface area (Å²) in [6.07, 6.45) is 0. The second kappa shape index (κ2) is 5.35. The maximum Gasteiger partial charge on any atom is 0.157 e. The van der Waals surface area contributed by atoms with Gasteiger partial charge in [-0.05, 0) is 29.3 Å². The minimum Gasteiger partial charge on any atom is -0.504 e. The van der Waals surface area contributed by atoms with Crippen LogP contribution in [0, 0.1) is 0 Å². The average Bonchev–Trinajstić information content (AvgIpc) is 2.91. The Morgan fingerprint density at radius 1 is 0.950 bits per heavy atom. The lowest BCUT2D eigenvalue weighted by molar-refractivity contribution is 0.402. The Morgan fingerprint density at radius 3 is 2.45 bits per heavy atom. The number of nitrogens with one attached hydrogen (secondary N) is 1. The molecular formula is C16H16ClNO2. The molecule has 2 atom stereocenters. The number of hydrogen-bond acceptors (Lipinski definition) is 3. The molecule has 1 aliphatic heterocycles. The van der Waals surface area contributed by atoms with Crippen LogP contribution in [0.15, 0.2) is 42.5 Å². The molecule has 0 spiro atoms. The van der Waals surface area contributed by atoms with Crippen LogP contribution in [0.5, 0.6) is 11.5 Å². The fourth-order valence-electron chi connectivity index (χ4n) is 2.90. The van der Waals surface area contributed by atoms with Crippen LogP contribution in [0.1, 0.15) is 23.0 Å². The van der Waals surface area contributed by atoms with E-state index in [1.54, 1.807) is 6.07 Å². The first-order valence-electron chi connectivity index (χ1n) is 6.64. The summed E-state index contributed by atoms with van der Waals surface area (Å²) in [5.41, 5.74) is 2.13. The molecule has 0 aromatic heterocycles. The third kappa shape index (κ3) is 2.35. The van der Waals surface area contributed by atoms with Gasteiger partial charge in [-0.3, -0.25) is 0 Å². The molecule has 0 radical (unpaired) electrons. The number of phenols is 2. The smallest absolute Gasteiger partial charge is 0.157 e. The summed E-state index contributed by atoms with van der Waals surface area (Å²) in [6.45, 7) is 1.69. The summed E-state index contributed by atoms with van der Waals surface area (Å²) in [4.78, 5) is 0. The highest BCUT2D eigenvalue weighted by molar-refractivity contribution is 6.31. The van der Waals surface area contributed by atoms with Gasteiger partial charge in [-0.2, -0.15) is 0 Å². The summed E-state index contributed by atoms with van der Waals surface area (Å²) >= 11 is 6.30. The van der Waals surface area contributed by atoms with Gasteiger partial charge in [0.2, 0.25) is 0 Å². The van der Waals surface area contributed by atoms with Gasteiger partial charge in [0.05, 0.1) is 0 Å². The normalized spacial score (nSPS) is 22.1. The first kappa shape index (κ1) is 13.3. The van der Waals surface area contributed by atoms with E-state index < -0.39 is 0 Å². The maximum absolute atomic E-state index is 9.68. The van der Waals surface area contributed by atoms with Crippen molar-refractivity contribution >= 4 is 11.6 Å². The van der Waals surface area contributed by atoms with E-state index in [0.29, 0.717) is 0 Å². The van der Waals surface area contributed by atoms with Gasteiger partial charge in [-0.1, -0.05) is 35.9 Å². The van der Waals surface area contributed by atoms with E-state index in [-0.39, 0.29) is 23.3 Å². The van der Waals surface area contributed by atoms with Crippen LogP contribution >= 0.6 is 11.6 Å². The maximum atomic E-state index is 9.68. The van der Waals surface area contributed by atoms with Crippen LogP contribution < -0.4 is 5.32 Å². The highest BCUT2D eigenvalue weighted by Crippen LogP contribution is 2.40. The number of aromatic hydroxyl groups is 2. The molecule has 3 rings (SSSR count). The van der Waals surface area contributed by atoms with Gasteiger partial charge in [-0.25, -0.2) is 0 Å². The number of rotatable bonds is 2. The van der Waals surface area contributed by atoms with Crippen molar-refractivity contribution in [2.75, 3.05) is 13.1 Å². The number of benzene rings is 2. The number of halogens is 1. The second-order valence-electron chi connectivity index (χ2n) is 5.14. The van der Waals surface area contributed by atoms with Crippen molar-refractivity contribution in [2.45, 2.75) is 11.8 Å². The predicted octanol–water partition coefficient (Wildman–Crippen LogP) is 3.22. The molecule has 104 valence electrons. The third-order valence-corrected chi connectivity index (χ3v) is 4.29. The summed E-state index contributed by atoms with van der Waals surface area (Å²) < 4.78 is 0. The summed E-state index contributed by atoms with van der Waals surface area (Å²) in [6, 6.07) is 12.9. The van der Waals surface area contributed by atoms with Crippen molar-refractivity contribution in [3.05, 3.63) is 58.6 Å². The van der Waals surface area contributed by atoms with Gasteiger partial charge >= 0.3 is 0 Å². The molecule has 3 N–H and O–H groups in total. The molecule has 1 aliphatic rings. The Hall–Kier alpha value is -1.71. The first-order valence-corrected chi connectivity index (χ1v) is 7.01. The molecule has 2 aromatic rings. The van der Waals surface area contributed by atoms with Crippen molar-refractivity contribution in [1.82, 2.24) is 5.32 Å². The molecule has 3 nitrogen and oxygen atoms in total. The minimum atomic E-state index is -0.0889. The van der Waals surface area contributed by atoms with Gasteiger partial charge in [-0.15, -0.1) is 0 Å². The van der Waals surface area contributed by atoms with E-state index >= 15 is 0 Å². The van der Waals surface area contributed by atoms with Crippen LogP contribution in [0.2, 0.25) is 5.02 Å². The molecular weight excluding hydrogens is 274 g/mol. The molecule has 0 bridgehead atoms. The van der Waals surface area contributed by atoms with Gasteiger partial charge in [0.1, 0.15) is 0 Å². The van der Waals surface area contributed by atoms with E-state index in [9.17, 15) is 10.2 Å². The van der Waals surface area contributed by atoms with Crippen molar-refractivity contribution in [2.24, 2.45) is 0 Å². The van der Waals surface area contributed by atoms with Crippen molar-refractivity contribution in [3.8, 4) is 11.5 Å². The first-order chi connectivity index (χ1) is 9.66. The van der Waals surface area contributed by atoms with Crippen LogP contribution in [-0.2, 0) is 0 Å². The average molecular weight is 290 g/mol. The number of phenolic OH excluding ortho intramolecular Hbond substituents is 2. The molecule has 0 amide bonds. The highest BCUT2D eigenvalue weighted by Gasteiger charge is 2.31. The fourth-order valence-corrected chi connectivity index (χ4v) is 3.18. The lowest BCUT2D eigenvalue weighted by Crippen LogP contribution is -2.09. The fraction of sp³-hybridized carbons (Fsp3) is 0.250. The van der Waals surface area contributed by atoms with Crippen molar-refractivity contribution in [1.29, 1.82) is 0 Å².